The predicted octanol–water partition coefficient (Wildman–Crippen LogP) is 1.40. The lowest BCUT2D eigenvalue weighted by atomic mass is 9.96. The van der Waals surface area contributed by atoms with E-state index in [1.165, 1.54) is 37.3 Å². The number of aliphatic hydroxyl groups excluding tert-OH is 3. The number of nitrogens with one attached hydrogen (secondary N) is 2. The fourth-order valence-electron chi connectivity index (χ4n) is 4.55. The summed E-state index contributed by atoms with van der Waals surface area (Å²) in [5.41, 5.74) is 1.63. The van der Waals surface area contributed by atoms with Crippen LogP contribution in [-0.2, 0) is 30.9 Å². The molecular formula is C29H32N2O10S. The topological polar surface area (TPSA) is 181 Å². The molecule has 13 heteroatoms. The first-order valence-electron chi connectivity index (χ1n) is 13.0. The molecule has 0 unspecified atom stereocenters. The second kappa shape index (κ2) is 13.3. The fourth-order valence-corrected chi connectivity index (χ4v) is 5.10. The third-order valence-corrected chi connectivity index (χ3v) is 7.01. The van der Waals surface area contributed by atoms with E-state index < -0.39 is 59.2 Å². The van der Waals surface area contributed by atoms with Crippen LogP contribution in [0.15, 0.2) is 72.8 Å². The SMILES string of the molecule is CC(=O)N[C@H]1[C@H](Oc2cccc(C(=O)OCc3ccccc3)c2-c2cccc(NS(C)(=O)=O)c2)O[C@H](CO)[C@H](O)[C@@H]1O. The molecule has 0 aliphatic carbocycles. The van der Waals surface area contributed by atoms with E-state index in [2.05, 4.69) is 10.0 Å². The summed E-state index contributed by atoms with van der Waals surface area (Å²) in [4.78, 5) is 25.3. The maximum absolute atomic E-state index is 13.4. The molecule has 1 heterocycles. The summed E-state index contributed by atoms with van der Waals surface area (Å²) in [7, 11) is -3.62. The summed E-state index contributed by atoms with van der Waals surface area (Å²) in [6.45, 7) is 0.546. The minimum atomic E-state index is -3.62. The molecule has 1 amide bonds. The quantitative estimate of drug-likeness (QED) is 0.214. The summed E-state index contributed by atoms with van der Waals surface area (Å²) in [5.74, 6) is -1.18. The minimum Gasteiger partial charge on any atom is -0.462 e. The Balaban J connectivity index is 1.77. The average molecular weight is 601 g/mol. The van der Waals surface area contributed by atoms with E-state index in [4.69, 9.17) is 14.2 Å². The molecule has 42 heavy (non-hydrogen) atoms. The zero-order valence-electron chi connectivity index (χ0n) is 22.8. The highest BCUT2D eigenvalue weighted by molar-refractivity contribution is 7.92. The lowest BCUT2D eigenvalue weighted by molar-refractivity contribution is -0.244. The molecular weight excluding hydrogens is 568 g/mol. The summed E-state index contributed by atoms with van der Waals surface area (Å²) in [5, 5.41) is 33.3. The van der Waals surface area contributed by atoms with Gasteiger partial charge in [-0.25, -0.2) is 13.2 Å². The third kappa shape index (κ3) is 7.63. The highest BCUT2D eigenvalue weighted by atomic mass is 32.2. The molecule has 0 spiro atoms. The van der Waals surface area contributed by atoms with E-state index in [1.807, 2.05) is 18.2 Å². The van der Waals surface area contributed by atoms with Gasteiger partial charge >= 0.3 is 5.97 Å². The molecule has 3 aromatic carbocycles. The molecule has 5 atom stereocenters. The van der Waals surface area contributed by atoms with Gasteiger partial charge in [-0.3, -0.25) is 9.52 Å². The Bertz CT molecular complexity index is 1520. The second-order valence-corrected chi connectivity index (χ2v) is 11.5. The Kier molecular flexibility index (Phi) is 9.81. The smallest absolute Gasteiger partial charge is 0.339 e. The Morgan fingerprint density at radius 1 is 0.976 bits per heavy atom. The maximum Gasteiger partial charge on any atom is 0.339 e. The number of amides is 1. The number of hydrogen-bond donors (Lipinski definition) is 5. The van der Waals surface area contributed by atoms with Gasteiger partial charge in [0, 0.05) is 18.2 Å². The molecule has 224 valence electrons. The number of ether oxygens (including phenoxy) is 3. The van der Waals surface area contributed by atoms with Crippen molar-refractivity contribution in [1.29, 1.82) is 0 Å². The van der Waals surface area contributed by atoms with Crippen LogP contribution >= 0.6 is 0 Å². The lowest BCUT2D eigenvalue weighted by Crippen LogP contribution is -2.65. The molecule has 0 saturated carbocycles. The Hall–Kier alpha value is -4.01. The van der Waals surface area contributed by atoms with E-state index in [9.17, 15) is 33.3 Å². The monoisotopic (exact) mass is 600 g/mol. The highest BCUT2D eigenvalue weighted by Crippen LogP contribution is 2.37. The van der Waals surface area contributed by atoms with Gasteiger partial charge in [-0.15, -0.1) is 0 Å². The largest absolute Gasteiger partial charge is 0.462 e. The summed E-state index contributed by atoms with van der Waals surface area (Å²) in [6.07, 6.45) is -4.72. The number of aliphatic hydroxyl groups is 3. The molecule has 1 saturated heterocycles. The standard InChI is InChI=1S/C29H32N2O10S/c1-17(33)30-25-27(35)26(34)23(15-32)41-29(25)40-22-13-7-12-21(28(36)39-16-18-8-4-3-5-9-18)24(22)19-10-6-11-20(14-19)31-42(2,37)38/h3-14,23,25-27,29,31-32,34-35H,15-16H2,1-2H3,(H,30,33)/t23-,25-,26+,27-,29-/m1/s1. The maximum atomic E-state index is 13.4. The van der Waals surface area contributed by atoms with Gasteiger partial charge in [0.25, 0.3) is 0 Å². The highest BCUT2D eigenvalue weighted by Gasteiger charge is 2.46. The van der Waals surface area contributed by atoms with Gasteiger partial charge in [0.1, 0.15) is 36.7 Å². The molecule has 5 N–H and O–H groups in total. The van der Waals surface area contributed by atoms with Crippen molar-refractivity contribution in [1.82, 2.24) is 5.32 Å². The fraction of sp³-hybridized carbons (Fsp3) is 0.310. The van der Waals surface area contributed by atoms with Crippen LogP contribution in [0.2, 0.25) is 0 Å². The number of esters is 1. The molecule has 3 aromatic rings. The molecule has 0 bridgehead atoms. The molecule has 4 rings (SSSR count). The van der Waals surface area contributed by atoms with Gasteiger partial charge in [-0.05, 0) is 35.4 Å². The molecule has 1 aliphatic rings. The van der Waals surface area contributed by atoms with Crippen molar-refractivity contribution >= 4 is 27.6 Å². The second-order valence-electron chi connectivity index (χ2n) is 9.75. The van der Waals surface area contributed by atoms with E-state index >= 15 is 0 Å². The van der Waals surface area contributed by atoms with Crippen molar-refractivity contribution in [3.8, 4) is 16.9 Å². The van der Waals surface area contributed by atoms with Crippen LogP contribution in [0.3, 0.4) is 0 Å². The van der Waals surface area contributed by atoms with Gasteiger partial charge in [0.15, 0.2) is 0 Å². The first-order valence-corrected chi connectivity index (χ1v) is 14.8. The molecule has 12 nitrogen and oxygen atoms in total. The van der Waals surface area contributed by atoms with Gasteiger partial charge in [-0.1, -0.05) is 48.5 Å². The number of hydrogen-bond acceptors (Lipinski definition) is 10. The average Bonchev–Trinajstić information content (AvgIpc) is 2.95. The van der Waals surface area contributed by atoms with Crippen LogP contribution in [-0.4, -0.2) is 79.1 Å². The van der Waals surface area contributed by atoms with E-state index in [0.717, 1.165) is 11.8 Å². The van der Waals surface area contributed by atoms with Crippen LogP contribution in [0.1, 0.15) is 22.8 Å². The van der Waals surface area contributed by atoms with Crippen molar-refractivity contribution in [2.45, 2.75) is 44.2 Å². The van der Waals surface area contributed by atoms with Crippen LogP contribution in [0.5, 0.6) is 5.75 Å². The van der Waals surface area contributed by atoms with Crippen molar-refractivity contribution in [2.24, 2.45) is 0 Å². The number of anilines is 1. The normalized spacial score (nSPS) is 22.2. The van der Waals surface area contributed by atoms with Crippen LogP contribution in [0.4, 0.5) is 5.69 Å². The van der Waals surface area contributed by atoms with Crippen molar-refractivity contribution in [2.75, 3.05) is 17.6 Å². The first kappa shape index (κ1) is 30.9. The van der Waals surface area contributed by atoms with E-state index in [1.54, 1.807) is 24.3 Å². The van der Waals surface area contributed by atoms with Gasteiger partial charge in [-0.2, -0.15) is 0 Å². The summed E-state index contributed by atoms with van der Waals surface area (Å²) in [6, 6.07) is 18.6. The number of carbonyl (C=O) groups is 2. The number of sulfonamides is 1. The van der Waals surface area contributed by atoms with Gasteiger partial charge in [0.2, 0.25) is 22.2 Å². The predicted molar refractivity (Wildman–Crippen MR) is 152 cm³/mol. The zero-order chi connectivity index (χ0) is 30.4. The molecule has 0 radical (unpaired) electrons. The van der Waals surface area contributed by atoms with Crippen LogP contribution in [0, 0.1) is 0 Å². The number of rotatable bonds is 10. The third-order valence-electron chi connectivity index (χ3n) is 6.41. The minimum absolute atomic E-state index is 0.0154. The van der Waals surface area contributed by atoms with E-state index in [0.29, 0.717) is 5.56 Å². The molecule has 0 aromatic heterocycles. The lowest BCUT2D eigenvalue weighted by Gasteiger charge is -2.42. The van der Waals surface area contributed by atoms with Gasteiger partial charge < -0.3 is 34.8 Å². The van der Waals surface area contributed by atoms with Crippen LogP contribution in [0.25, 0.3) is 11.1 Å². The van der Waals surface area contributed by atoms with Crippen molar-refractivity contribution in [3.05, 3.63) is 83.9 Å². The first-order chi connectivity index (χ1) is 20.0. The molecule has 1 aliphatic heterocycles. The Morgan fingerprint density at radius 2 is 1.69 bits per heavy atom. The van der Waals surface area contributed by atoms with Gasteiger partial charge in [0.05, 0.1) is 18.4 Å². The van der Waals surface area contributed by atoms with Crippen molar-refractivity contribution < 1.29 is 47.5 Å². The number of benzene rings is 3. The number of carbonyl (C=O) groups excluding carboxylic acids is 2. The summed E-state index contributed by atoms with van der Waals surface area (Å²) >= 11 is 0. The Morgan fingerprint density at radius 3 is 2.36 bits per heavy atom. The van der Waals surface area contributed by atoms with Crippen molar-refractivity contribution in [3.63, 3.8) is 0 Å². The van der Waals surface area contributed by atoms with E-state index in [-0.39, 0.29) is 29.2 Å². The zero-order valence-corrected chi connectivity index (χ0v) is 23.7. The van der Waals surface area contributed by atoms with Crippen LogP contribution < -0.4 is 14.8 Å². The Labute approximate surface area is 242 Å². The summed E-state index contributed by atoms with van der Waals surface area (Å²) < 4.78 is 43.6. The molecule has 1 fully saturated rings.